The van der Waals surface area contributed by atoms with Gasteiger partial charge in [0.2, 0.25) is 5.91 Å². The SMILES string of the molecule is CC(C)(C)c1[nH]ncc1NC(=O)C1CC1. The van der Waals surface area contributed by atoms with Crippen LogP contribution in [0, 0.1) is 5.92 Å². The van der Waals surface area contributed by atoms with E-state index in [1.165, 1.54) is 0 Å². The summed E-state index contributed by atoms with van der Waals surface area (Å²) in [5.74, 6) is 0.356. The summed E-state index contributed by atoms with van der Waals surface area (Å²) < 4.78 is 0. The number of rotatable bonds is 2. The van der Waals surface area contributed by atoms with Crippen molar-refractivity contribution < 1.29 is 4.79 Å². The Morgan fingerprint density at radius 3 is 2.73 bits per heavy atom. The van der Waals surface area contributed by atoms with Crippen molar-refractivity contribution in [3.8, 4) is 0 Å². The summed E-state index contributed by atoms with van der Waals surface area (Å²) in [6.45, 7) is 6.27. The van der Waals surface area contributed by atoms with Crippen LogP contribution in [0.15, 0.2) is 6.20 Å². The molecule has 4 nitrogen and oxygen atoms in total. The van der Waals surface area contributed by atoms with E-state index in [0.29, 0.717) is 0 Å². The highest BCUT2D eigenvalue weighted by atomic mass is 16.2. The number of aromatic nitrogens is 2. The van der Waals surface area contributed by atoms with Crippen LogP contribution in [0.1, 0.15) is 39.3 Å². The van der Waals surface area contributed by atoms with Crippen LogP contribution in [0.25, 0.3) is 0 Å². The second-order valence-electron chi connectivity index (χ2n) is 5.17. The van der Waals surface area contributed by atoms with Gasteiger partial charge in [0.05, 0.1) is 17.6 Å². The van der Waals surface area contributed by atoms with Gasteiger partial charge in [0.1, 0.15) is 0 Å². The molecule has 1 aromatic rings. The molecule has 0 unspecified atom stereocenters. The average molecular weight is 207 g/mol. The Balaban J connectivity index is 2.14. The molecule has 82 valence electrons. The number of carbonyl (C=O) groups excluding carboxylic acids is 1. The van der Waals surface area contributed by atoms with Gasteiger partial charge in [0, 0.05) is 11.3 Å². The largest absolute Gasteiger partial charge is 0.323 e. The van der Waals surface area contributed by atoms with Crippen LogP contribution < -0.4 is 5.32 Å². The molecule has 1 aliphatic carbocycles. The van der Waals surface area contributed by atoms with Gasteiger partial charge in [-0.2, -0.15) is 5.10 Å². The van der Waals surface area contributed by atoms with Crippen molar-refractivity contribution in [1.82, 2.24) is 10.2 Å². The maximum atomic E-state index is 11.6. The Kier molecular flexibility index (Phi) is 2.29. The second-order valence-corrected chi connectivity index (χ2v) is 5.17. The third-order valence-corrected chi connectivity index (χ3v) is 2.60. The van der Waals surface area contributed by atoms with E-state index in [0.717, 1.165) is 24.2 Å². The number of anilines is 1. The molecule has 0 aromatic carbocycles. The van der Waals surface area contributed by atoms with Crippen molar-refractivity contribution in [1.29, 1.82) is 0 Å². The van der Waals surface area contributed by atoms with Crippen molar-refractivity contribution in [2.24, 2.45) is 5.92 Å². The monoisotopic (exact) mass is 207 g/mol. The fourth-order valence-electron chi connectivity index (χ4n) is 1.53. The molecule has 0 saturated heterocycles. The minimum Gasteiger partial charge on any atom is -0.323 e. The Morgan fingerprint density at radius 1 is 1.53 bits per heavy atom. The predicted molar refractivity (Wildman–Crippen MR) is 58.6 cm³/mol. The van der Waals surface area contributed by atoms with Gasteiger partial charge in [0.15, 0.2) is 0 Å². The Hall–Kier alpha value is -1.32. The summed E-state index contributed by atoms with van der Waals surface area (Å²) in [5.41, 5.74) is 1.78. The average Bonchev–Trinajstić information content (AvgIpc) is 2.85. The summed E-state index contributed by atoms with van der Waals surface area (Å²) in [4.78, 5) is 11.6. The number of nitrogens with one attached hydrogen (secondary N) is 2. The summed E-state index contributed by atoms with van der Waals surface area (Å²) >= 11 is 0. The standard InChI is InChI=1S/C11H17N3O/c1-11(2,3)9-8(6-12-14-9)13-10(15)7-4-5-7/h6-7H,4-5H2,1-3H3,(H,12,14)(H,13,15). The fraction of sp³-hybridized carbons (Fsp3) is 0.636. The van der Waals surface area contributed by atoms with Crippen molar-refractivity contribution in [2.45, 2.75) is 39.0 Å². The normalized spacial score (nSPS) is 16.5. The van der Waals surface area contributed by atoms with Gasteiger partial charge in [-0.15, -0.1) is 0 Å². The van der Waals surface area contributed by atoms with Crippen molar-refractivity contribution >= 4 is 11.6 Å². The quantitative estimate of drug-likeness (QED) is 0.779. The van der Waals surface area contributed by atoms with Gasteiger partial charge in [-0.05, 0) is 12.8 Å². The number of H-pyrrole nitrogens is 1. The van der Waals surface area contributed by atoms with E-state index in [4.69, 9.17) is 0 Å². The lowest BCUT2D eigenvalue weighted by Crippen LogP contribution is -2.19. The second kappa shape index (κ2) is 3.36. The zero-order valence-electron chi connectivity index (χ0n) is 9.42. The molecule has 1 saturated carbocycles. The Labute approximate surface area is 89.5 Å². The summed E-state index contributed by atoms with van der Waals surface area (Å²) in [6.07, 6.45) is 3.73. The molecule has 4 heteroatoms. The molecule has 2 N–H and O–H groups in total. The molecule has 0 spiro atoms. The first-order chi connectivity index (χ1) is 6.98. The van der Waals surface area contributed by atoms with Crippen molar-refractivity contribution in [3.05, 3.63) is 11.9 Å². The van der Waals surface area contributed by atoms with Crippen LogP contribution in [0.4, 0.5) is 5.69 Å². The molecule has 15 heavy (non-hydrogen) atoms. The Bertz CT molecular complexity index is 371. The molecule has 1 fully saturated rings. The maximum Gasteiger partial charge on any atom is 0.227 e. The van der Waals surface area contributed by atoms with Crippen LogP contribution in [0.2, 0.25) is 0 Å². The molecular formula is C11H17N3O. The lowest BCUT2D eigenvalue weighted by Gasteiger charge is -2.18. The lowest BCUT2D eigenvalue weighted by atomic mass is 9.91. The zero-order chi connectivity index (χ0) is 11.1. The van der Waals surface area contributed by atoms with Crippen LogP contribution in [-0.4, -0.2) is 16.1 Å². The van der Waals surface area contributed by atoms with Gasteiger partial charge in [0.25, 0.3) is 0 Å². The number of hydrogen-bond donors (Lipinski definition) is 2. The van der Waals surface area contributed by atoms with Crippen LogP contribution in [0.5, 0.6) is 0 Å². The maximum absolute atomic E-state index is 11.6. The molecular weight excluding hydrogens is 190 g/mol. The molecule has 0 aliphatic heterocycles. The summed E-state index contributed by atoms with van der Waals surface area (Å²) in [6, 6.07) is 0. The van der Waals surface area contributed by atoms with Gasteiger partial charge >= 0.3 is 0 Å². The summed E-state index contributed by atoms with van der Waals surface area (Å²) in [5, 5.41) is 9.85. The molecule has 1 aromatic heterocycles. The van der Waals surface area contributed by atoms with Crippen LogP contribution in [0.3, 0.4) is 0 Å². The number of nitrogens with zero attached hydrogens (tertiary/aromatic N) is 1. The molecule has 2 rings (SSSR count). The van der Waals surface area contributed by atoms with Gasteiger partial charge in [-0.3, -0.25) is 9.89 Å². The van der Waals surface area contributed by atoms with Gasteiger partial charge in [-0.25, -0.2) is 0 Å². The molecule has 0 atom stereocenters. The minimum absolute atomic E-state index is 0.0251. The van der Waals surface area contributed by atoms with E-state index in [2.05, 4.69) is 36.3 Å². The van der Waals surface area contributed by atoms with E-state index >= 15 is 0 Å². The molecule has 0 radical (unpaired) electrons. The first-order valence-corrected chi connectivity index (χ1v) is 5.33. The van der Waals surface area contributed by atoms with E-state index in [1.54, 1.807) is 6.20 Å². The number of amides is 1. The Morgan fingerprint density at radius 2 is 2.20 bits per heavy atom. The first-order valence-electron chi connectivity index (χ1n) is 5.33. The number of aromatic amines is 1. The third-order valence-electron chi connectivity index (χ3n) is 2.60. The fourth-order valence-corrected chi connectivity index (χ4v) is 1.53. The van der Waals surface area contributed by atoms with Crippen molar-refractivity contribution in [2.75, 3.05) is 5.32 Å². The first kappa shape index (κ1) is 10.2. The van der Waals surface area contributed by atoms with E-state index < -0.39 is 0 Å². The van der Waals surface area contributed by atoms with Crippen LogP contribution in [-0.2, 0) is 10.2 Å². The highest BCUT2D eigenvalue weighted by molar-refractivity contribution is 5.94. The van der Waals surface area contributed by atoms with Crippen LogP contribution >= 0.6 is 0 Å². The predicted octanol–water partition coefficient (Wildman–Crippen LogP) is 2.06. The van der Waals surface area contributed by atoms with E-state index in [1.807, 2.05) is 0 Å². The van der Waals surface area contributed by atoms with Gasteiger partial charge in [-0.1, -0.05) is 20.8 Å². The number of carbonyl (C=O) groups is 1. The minimum atomic E-state index is -0.0251. The molecule has 1 heterocycles. The molecule has 1 aliphatic rings. The van der Waals surface area contributed by atoms with E-state index in [9.17, 15) is 4.79 Å². The molecule has 1 amide bonds. The topological polar surface area (TPSA) is 57.8 Å². The van der Waals surface area contributed by atoms with E-state index in [-0.39, 0.29) is 17.2 Å². The molecule has 0 bridgehead atoms. The van der Waals surface area contributed by atoms with Crippen molar-refractivity contribution in [3.63, 3.8) is 0 Å². The highest BCUT2D eigenvalue weighted by Gasteiger charge is 2.31. The zero-order valence-corrected chi connectivity index (χ0v) is 9.42. The van der Waals surface area contributed by atoms with Gasteiger partial charge < -0.3 is 5.32 Å². The number of hydrogen-bond acceptors (Lipinski definition) is 2. The highest BCUT2D eigenvalue weighted by Crippen LogP contribution is 2.32. The third kappa shape index (κ3) is 2.19. The smallest absolute Gasteiger partial charge is 0.227 e. The summed E-state index contributed by atoms with van der Waals surface area (Å²) in [7, 11) is 0. The lowest BCUT2D eigenvalue weighted by molar-refractivity contribution is -0.117.